The molecular weight excluding hydrogens is 214 g/mol. The van der Waals surface area contributed by atoms with Gasteiger partial charge in [0, 0.05) is 17.3 Å². The zero-order chi connectivity index (χ0) is 12.0. The first-order valence-electron chi connectivity index (χ1n) is 6.86. The van der Waals surface area contributed by atoms with Crippen LogP contribution in [-0.4, -0.2) is 23.6 Å². The zero-order valence-electron chi connectivity index (χ0n) is 11.5. The van der Waals surface area contributed by atoms with Crippen LogP contribution < -0.4 is 5.32 Å². The van der Waals surface area contributed by atoms with Crippen LogP contribution in [0.3, 0.4) is 0 Å². The van der Waals surface area contributed by atoms with Gasteiger partial charge >= 0.3 is 0 Å². The molecule has 1 rings (SSSR count). The molecule has 1 aliphatic rings. The lowest BCUT2D eigenvalue weighted by molar-refractivity contribution is 0.424. The Bertz CT molecular complexity index is 185. The number of rotatable bonds is 7. The highest BCUT2D eigenvalue weighted by Gasteiger charge is 2.32. The van der Waals surface area contributed by atoms with Crippen LogP contribution in [0, 0.1) is 5.92 Å². The number of nitrogens with one attached hydrogen (secondary N) is 1. The van der Waals surface area contributed by atoms with Crippen molar-refractivity contribution in [3.63, 3.8) is 0 Å². The van der Waals surface area contributed by atoms with E-state index in [1.54, 1.807) is 0 Å². The molecule has 0 aromatic rings. The quantitative estimate of drug-likeness (QED) is 0.723. The molecule has 0 amide bonds. The number of hydrogen-bond acceptors (Lipinski definition) is 2. The van der Waals surface area contributed by atoms with Crippen LogP contribution in [0.5, 0.6) is 0 Å². The Kier molecular flexibility index (Phi) is 6.20. The maximum atomic E-state index is 3.75. The van der Waals surface area contributed by atoms with Gasteiger partial charge in [-0.05, 0) is 44.8 Å². The molecule has 0 aliphatic heterocycles. The molecule has 0 saturated heterocycles. The normalized spacial score (nSPS) is 21.6. The third-order valence-corrected chi connectivity index (χ3v) is 5.32. The van der Waals surface area contributed by atoms with E-state index in [4.69, 9.17) is 0 Å². The molecule has 0 heterocycles. The highest BCUT2D eigenvalue weighted by molar-refractivity contribution is 8.00. The fourth-order valence-corrected chi connectivity index (χ4v) is 3.44. The van der Waals surface area contributed by atoms with Gasteiger partial charge in [-0.3, -0.25) is 0 Å². The Morgan fingerprint density at radius 3 is 2.25 bits per heavy atom. The fourth-order valence-electron chi connectivity index (χ4n) is 2.52. The summed E-state index contributed by atoms with van der Waals surface area (Å²) in [6, 6.07) is 0.687. The molecule has 0 aromatic heterocycles. The molecule has 1 nitrogen and oxygen atoms in total. The summed E-state index contributed by atoms with van der Waals surface area (Å²) in [6.07, 6.45) is 10.6. The van der Waals surface area contributed by atoms with E-state index in [1.165, 1.54) is 45.1 Å². The van der Waals surface area contributed by atoms with E-state index in [0.29, 0.717) is 10.8 Å². The van der Waals surface area contributed by atoms with Gasteiger partial charge in [-0.2, -0.15) is 11.8 Å². The van der Waals surface area contributed by atoms with Crippen LogP contribution in [0.1, 0.15) is 59.3 Å². The van der Waals surface area contributed by atoms with Crippen molar-refractivity contribution in [3.8, 4) is 0 Å². The maximum absolute atomic E-state index is 3.75. The molecule has 0 aromatic carbocycles. The predicted molar refractivity (Wildman–Crippen MR) is 76.3 cm³/mol. The molecule has 0 radical (unpaired) electrons. The van der Waals surface area contributed by atoms with Gasteiger partial charge in [0.15, 0.2) is 0 Å². The SMILES string of the molecule is CSC1(CNC(C)CCC(C)C)CCCC1. The fraction of sp³-hybridized carbons (Fsp3) is 1.00. The molecule has 96 valence electrons. The first kappa shape index (κ1) is 14.4. The van der Waals surface area contributed by atoms with Crippen LogP contribution in [0.15, 0.2) is 0 Å². The van der Waals surface area contributed by atoms with Crippen molar-refractivity contribution in [2.45, 2.75) is 70.1 Å². The molecule has 1 aliphatic carbocycles. The lowest BCUT2D eigenvalue weighted by Gasteiger charge is -2.29. The average Bonchev–Trinajstić information content (AvgIpc) is 2.73. The standard InChI is InChI=1S/C14H29NS/c1-12(2)7-8-13(3)15-11-14(16-4)9-5-6-10-14/h12-13,15H,5-11H2,1-4H3. The molecule has 1 N–H and O–H groups in total. The Morgan fingerprint density at radius 1 is 1.12 bits per heavy atom. The highest BCUT2D eigenvalue weighted by Crippen LogP contribution is 2.39. The molecular formula is C14H29NS. The summed E-state index contributed by atoms with van der Waals surface area (Å²) in [5, 5.41) is 3.75. The first-order valence-corrected chi connectivity index (χ1v) is 8.09. The van der Waals surface area contributed by atoms with Gasteiger partial charge < -0.3 is 5.32 Å². The molecule has 1 saturated carbocycles. The van der Waals surface area contributed by atoms with Crippen molar-refractivity contribution in [1.29, 1.82) is 0 Å². The third-order valence-electron chi connectivity index (χ3n) is 3.90. The summed E-state index contributed by atoms with van der Waals surface area (Å²) >= 11 is 2.08. The number of thioether (sulfide) groups is 1. The summed E-state index contributed by atoms with van der Waals surface area (Å²) in [7, 11) is 0. The average molecular weight is 243 g/mol. The largest absolute Gasteiger partial charge is 0.313 e. The summed E-state index contributed by atoms with van der Waals surface area (Å²) in [6.45, 7) is 8.18. The molecule has 0 spiro atoms. The number of hydrogen-bond donors (Lipinski definition) is 1. The lowest BCUT2D eigenvalue weighted by atomic mass is 10.0. The molecule has 1 unspecified atom stereocenters. The van der Waals surface area contributed by atoms with E-state index >= 15 is 0 Å². The first-order chi connectivity index (χ1) is 7.58. The van der Waals surface area contributed by atoms with Crippen molar-refractivity contribution in [1.82, 2.24) is 5.32 Å². The van der Waals surface area contributed by atoms with E-state index in [-0.39, 0.29) is 0 Å². The van der Waals surface area contributed by atoms with Crippen LogP contribution in [-0.2, 0) is 0 Å². The molecule has 1 fully saturated rings. The highest BCUT2D eigenvalue weighted by atomic mass is 32.2. The van der Waals surface area contributed by atoms with Crippen molar-refractivity contribution in [3.05, 3.63) is 0 Å². The Morgan fingerprint density at radius 2 is 1.75 bits per heavy atom. The summed E-state index contributed by atoms with van der Waals surface area (Å²) in [5.74, 6) is 0.838. The zero-order valence-corrected chi connectivity index (χ0v) is 12.3. The van der Waals surface area contributed by atoms with E-state index in [0.717, 1.165) is 5.92 Å². The van der Waals surface area contributed by atoms with E-state index in [2.05, 4.69) is 44.1 Å². The topological polar surface area (TPSA) is 12.0 Å². The second-order valence-electron chi connectivity index (χ2n) is 5.85. The van der Waals surface area contributed by atoms with Crippen LogP contribution in [0.2, 0.25) is 0 Å². The van der Waals surface area contributed by atoms with Crippen LogP contribution in [0.4, 0.5) is 0 Å². The van der Waals surface area contributed by atoms with Gasteiger partial charge in [-0.25, -0.2) is 0 Å². The van der Waals surface area contributed by atoms with E-state index in [1.807, 2.05) is 0 Å². The Hall–Kier alpha value is 0.310. The third kappa shape index (κ3) is 4.67. The second-order valence-corrected chi connectivity index (χ2v) is 7.12. The van der Waals surface area contributed by atoms with Crippen molar-refractivity contribution in [2.24, 2.45) is 5.92 Å². The minimum atomic E-state index is 0.562. The minimum Gasteiger partial charge on any atom is -0.313 e. The van der Waals surface area contributed by atoms with Gasteiger partial charge in [0.05, 0.1) is 0 Å². The van der Waals surface area contributed by atoms with E-state index < -0.39 is 0 Å². The van der Waals surface area contributed by atoms with Crippen molar-refractivity contribution >= 4 is 11.8 Å². The van der Waals surface area contributed by atoms with Gasteiger partial charge in [-0.1, -0.05) is 26.7 Å². The van der Waals surface area contributed by atoms with Crippen LogP contribution in [0.25, 0.3) is 0 Å². The predicted octanol–water partition coefficient (Wildman–Crippen LogP) is 4.08. The minimum absolute atomic E-state index is 0.562. The van der Waals surface area contributed by atoms with Gasteiger partial charge in [0.2, 0.25) is 0 Å². The maximum Gasteiger partial charge on any atom is 0.0281 e. The summed E-state index contributed by atoms with van der Waals surface area (Å²) < 4.78 is 0.562. The smallest absolute Gasteiger partial charge is 0.0281 e. The van der Waals surface area contributed by atoms with Gasteiger partial charge in [-0.15, -0.1) is 0 Å². The lowest BCUT2D eigenvalue weighted by Crippen LogP contribution is -2.39. The molecule has 0 bridgehead atoms. The second kappa shape index (κ2) is 6.90. The Labute approximate surface area is 106 Å². The van der Waals surface area contributed by atoms with Crippen LogP contribution >= 0.6 is 11.8 Å². The molecule has 16 heavy (non-hydrogen) atoms. The van der Waals surface area contributed by atoms with Crippen molar-refractivity contribution < 1.29 is 0 Å². The van der Waals surface area contributed by atoms with E-state index in [9.17, 15) is 0 Å². The summed E-state index contributed by atoms with van der Waals surface area (Å²) in [4.78, 5) is 0. The summed E-state index contributed by atoms with van der Waals surface area (Å²) in [5.41, 5.74) is 0. The Balaban J connectivity index is 2.21. The van der Waals surface area contributed by atoms with Gasteiger partial charge in [0.25, 0.3) is 0 Å². The van der Waals surface area contributed by atoms with Crippen molar-refractivity contribution in [2.75, 3.05) is 12.8 Å². The van der Waals surface area contributed by atoms with Gasteiger partial charge in [0.1, 0.15) is 0 Å². The molecule has 1 atom stereocenters. The monoisotopic (exact) mass is 243 g/mol. The molecule has 2 heteroatoms.